The van der Waals surface area contributed by atoms with Gasteiger partial charge in [-0.25, -0.2) is 4.79 Å². The van der Waals surface area contributed by atoms with Gasteiger partial charge in [-0.05, 0) is 54.4 Å². The number of hydrogen-bond acceptors (Lipinski definition) is 3. The molecule has 3 N–H and O–H groups in total. The molecule has 0 spiro atoms. The van der Waals surface area contributed by atoms with Gasteiger partial charge in [0, 0.05) is 17.1 Å². The third-order valence-corrected chi connectivity index (χ3v) is 4.02. The fraction of sp³-hybridized carbons (Fsp3) is 0.136. The van der Waals surface area contributed by atoms with Crippen LogP contribution >= 0.6 is 0 Å². The maximum Gasteiger partial charge on any atom is 0.321 e. The summed E-state index contributed by atoms with van der Waals surface area (Å²) in [6.45, 7) is 2.18. The summed E-state index contributed by atoms with van der Waals surface area (Å²) in [5.41, 5.74) is 3.79. The molecule has 2 amide bonds. The van der Waals surface area contributed by atoms with Crippen LogP contribution in [0.4, 0.5) is 21.9 Å². The van der Waals surface area contributed by atoms with E-state index >= 15 is 0 Å². The zero-order valence-electron chi connectivity index (χ0n) is 15.2. The summed E-state index contributed by atoms with van der Waals surface area (Å²) in [6, 6.07) is 24.9. The van der Waals surface area contributed by atoms with E-state index in [-0.39, 0.29) is 12.8 Å². The van der Waals surface area contributed by atoms with Crippen LogP contribution in [0.1, 0.15) is 12.5 Å². The minimum Gasteiger partial charge on any atom is -0.473 e. The van der Waals surface area contributed by atoms with Crippen LogP contribution in [-0.2, 0) is 6.42 Å². The molecule has 0 saturated carbocycles. The standard InChI is InChI=1S/C22H23N3O2/c1-2-17-8-6-7-11-21(17)27-16-23-22(26)25-20-14-12-19(13-15-20)24-18-9-4-3-5-10-18/h3-15,24H,2,16H2,1H3,(H2,23,25,26). The van der Waals surface area contributed by atoms with Crippen LogP contribution in [0.15, 0.2) is 78.9 Å². The lowest BCUT2D eigenvalue weighted by atomic mass is 10.1. The SMILES string of the molecule is CCc1ccccc1OCNC(=O)Nc1ccc(Nc2ccccc2)cc1. The first kappa shape index (κ1) is 18.3. The van der Waals surface area contributed by atoms with E-state index in [1.807, 2.05) is 78.9 Å². The van der Waals surface area contributed by atoms with Crippen LogP contribution < -0.4 is 20.7 Å². The van der Waals surface area contributed by atoms with Gasteiger partial charge in [-0.15, -0.1) is 0 Å². The van der Waals surface area contributed by atoms with Crippen molar-refractivity contribution >= 4 is 23.1 Å². The van der Waals surface area contributed by atoms with Crippen molar-refractivity contribution in [2.75, 3.05) is 17.4 Å². The second-order valence-corrected chi connectivity index (χ2v) is 5.95. The number of nitrogens with one attached hydrogen (secondary N) is 3. The second-order valence-electron chi connectivity index (χ2n) is 5.95. The fourth-order valence-electron chi connectivity index (χ4n) is 2.62. The molecular weight excluding hydrogens is 338 g/mol. The van der Waals surface area contributed by atoms with Gasteiger partial charge in [0.2, 0.25) is 0 Å². The number of rotatable bonds is 7. The van der Waals surface area contributed by atoms with Crippen molar-refractivity contribution in [3.05, 3.63) is 84.4 Å². The lowest BCUT2D eigenvalue weighted by Crippen LogP contribution is -2.32. The highest BCUT2D eigenvalue weighted by Gasteiger charge is 2.04. The van der Waals surface area contributed by atoms with Gasteiger partial charge in [0.15, 0.2) is 6.73 Å². The minimum atomic E-state index is -0.312. The Kier molecular flexibility index (Phi) is 6.30. The second kappa shape index (κ2) is 9.29. The van der Waals surface area contributed by atoms with Crippen molar-refractivity contribution in [2.24, 2.45) is 0 Å². The van der Waals surface area contributed by atoms with Gasteiger partial charge < -0.3 is 20.7 Å². The third kappa shape index (κ3) is 5.51. The van der Waals surface area contributed by atoms with Crippen LogP contribution in [0.2, 0.25) is 0 Å². The number of para-hydroxylation sites is 2. The van der Waals surface area contributed by atoms with Crippen molar-refractivity contribution in [1.82, 2.24) is 5.32 Å². The number of amides is 2. The average Bonchev–Trinajstić information content (AvgIpc) is 2.71. The number of urea groups is 1. The molecule has 0 fully saturated rings. The average molecular weight is 361 g/mol. The molecule has 3 rings (SSSR count). The first-order chi connectivity index (χ1) is 13.2. The Morgan fingerprint density at radius 3 is 2.19 bits per heavy atom. The number of anilines is 3. The largest absolute Gasteiger partial charge is 0.473 e. The highest BCUT2D eigenvalue weighted by atomic mass is 16.5. The molecule has 3 aromatic rings. The summed E-state index contributed by atoms with van der Waals surface area (Å²) in [7, 11) is 0. The highest BCUT2D eigenvalue weighted by Crippen LogP contribution is 2.19. The zero-order valence-corrected chi connectivity index (χ0v) is 15.2. The molecule has 0 radical (unpaired) electrons. The summed E-state index contributed by atoms with van der Waals surface area (Å²) in [6.07, 6.45) is 0.881. The maximum atomic E-state index is 12.0. The molecule has 0 saturated heterocycles. The number of carbonyl (C=O) groups excluding carboxylic acids is 1. The monoisotopic (exact) mass is 361 g/mol. The third-order valence-electron chi connectivity index (χ3n) is 4.02. The predicted molar refractivity (Wildman–Crippen MR) is 110 cm³/mol. The topological polar surface area (TPSA) is 62.4 Å². The van der Waals surface area contributed by atoms with Gasteiger partial charge >= 0.3 is 6.03 Å². The van der Waals surface area contributed by atoms with Gasteiger partial charge in [0.1, 0.15) is 5.75 Å². The van der Waals surface area contributed by atoms with E-state index in [4.69, 9.17) is 4.74 Å². The van der Waals surface area contributed by atoms with E-state index in [2.05, 4.69) is 22.9 Å². The molecule has 3 aromatic carbocycles. The number of ether oxygens (including phenoxy) is 1. The Balaban J connectivity index is 1.46. The molecule has 5 heteroatoms. The van der Waals surface area contributed by atoms with E-state index in [0.29, 0.717) is 5.69 Å². The molecule has 0 heterocycles. The molecular formula is C22H23N3O2. The Morgan fingerprint density at radius 1 is 0.815 bits per heavy atom. The molecule has 0 unspecified atom stereocenters. The summed E-state index contributed by atoms with van der Waals surface area (Å²) in [5, 5.41) is 8.79. The van der Waals surface area contributed by atoms with Crippen molar-refractivity contribution in [1.29, 1.82) is 0 Å². The normalized spacial score (nSPS) is 10.1. The van der Waals surface area contributed by atoms with E-state index in [9.17, 15) is 4.79 Å². The van der Waals surface area contributed by atoms with Crippen LogP contribution in [0.3, 0.4) is 0 Å². The molecule has 0 atom stereocenters. The van der Waals surface area contributed by atoms with Gasteiger partial charge in [-0.1, -0.05) is 43.3 Å². The van der Waals surface area contributed by atoms with E-state index in [0.717, 1.165) is 29.1 Å². The Bertz CT molecular complexity index is 864. The zero-order chi connectivity index (χ0) is 18.9. The molecule has 0 aliphatic carbocycles. The Hall–Kier alpha value is -3.47. The summed E-state index contributed by atoms with van der Waals surface area (Å²) < 4.78 is 5.64. The number of carbonyl (C=O) groups is 1. The molecule has 27 heavy (non-hydrogen) atoms. The minimum absolute atomic E-state index is 0.108. The van der Waals surface area contributed by atoms with Crippen molar-refractivity contribution in [3.63, 3.8) is 0 Å². The van der Waals surface area contributed by atoms with Crippen LogP contribution in [-0.4, -0.2) is 12.8 Å². The lowest BCUT2D eigenvalue weighted by molar-refractivity contribution is 0.234. The first-order valence-electron chi connectivity index (χ1n) is 8.92. The smallest absolute Gasteiger partial charge is 0.321 e. The lowest BCUT2D eigenvalue weighted by Gasteiger charge is -2.12. The van der Waals surface area contributed by atoms with Gasteiger partial charge in [0.05, 0.1) is 0 Å². The highest BCUT2D eigenvalue weighted by molar-refractivity contribution is 5.89. The van der Waals surface area contributed by atoms with Gasteiger partial charge in [0.25, 0.3) is 0 Å². The van der Waals surface area contributed by atoms with Crippen molar-refractivity contribution in [2.45, 2.75) is 13.3 Å². The molecule has 0 bridgehead atoms. The summed E-state index contributed by atoms with van der Waals surface area (Å²) in [5.74, 6) is 0.789. The summed E-state index contributed by atoms with van der Waals surface area (Å²) in [4.78, 5) is 12.0. The predicted octanol–water partition coefficient (Wildman–Crippen LogP) is 5.15. The van der Waals surface area contributed by atoms with E-state index in [1.165, 1.54) is 0 Å². The number of aryl methyl sites for hydroxylation is 1. The molecule has 5 nitrogen and oxygen atoms in total. The van der Waals surface area contributed by atoms with Crippen molar-refractivity contribution in [3.8, 4) is 5.75 Å². The number of hydrogen-bond donors (Lipinski definition) is 3. The van der Waals surface area contributed by atoms with Crippen LogP contribution in [0.5, 0.6) is 5.75 Å². The Labute approximate surface area is 159 Å². The maximum absolute atomic E-state index is 12.0. The molecule has 0 aliphatic rings. The van der Waals surface area contributed by atoms with Crippen LogP contribution in [0, 0.1) is 0 Å². The Morgan fingerprint density at radius 2 is 1.44 bits per heavy atom. The molecule has 138 valence electrons. The van der Waals surface area contributed by atoms with Crippen LogP contribution in [0.25, 0.3) is 0 Å². The molecule has 0 aliphatic heterocycles. The molecule has 0 aromatic heterocycles. The fourth-order valence-corrected chi connectivity index (χ4v) is 2.62. The van der Waals surface area contributed by atoms with Gasteiger partial charge in [-0.3, -0.25) is 0 Å². The van der Waals surface area contributed by atoms with Crippen molar-refractivity contribution < 1.29 is 9.53 Å². The van der Waals surface area contributed by atoms with Gasteiger partial charge in [-0.2, -0.15) is 0 Å². The number of benzene rings is 3. The van der Waals surface area contributed by atoms with E-state index < -0.39 is 0 Å². The quantitative estimate of drug-likeness (QED) is 0.510. The first-order valence-corrected chi connectivity index (χ1v) is 8.92. The van der Waals surface area contributed by atoms with E-state index in [1.54, 1.807) is 0 Å². The summed E-state index contributed by atoms with van der Waals surface area (Å²) >= 11 is 0.